The highest BCUT2D eigenvalue weighted by Crippen LogP contribution is 2.49. The summed E-state index contributed by atoms with van der Waals surface area (Å²) in [6.45, 7) is 2.13. The molecule has 0 aliphatic heterocycles. The second-order valence-electron chi connectivity index (χ2n) is 6.43. The van der Waals surface area contributed by atoms with E-state index in [1.165, 1.54) is 25.7 Å². The van der Waals surface area contributed by atoms with E-state index < -0.39 is 0 Å². The number of amides is 2. The van der Waals surface area contributed by atoms with E-state index in [1.54, 1.807) is 7.11 Å². The molecule has 2 aliphatic rings. The molecule has 4 atom stereocenters. The highest BCUT2D eigenvalue weighted by atomic mass is 16.5. The zero-order valence-electron chi connectivity index (χ0n) is 12.8. The van der Waals surface area contributed by atoms with Crippen molar-refractivity contribution >= 4 is 11.7 Å². The maximum absolute atomic E-state index is 12.2. The second-order valence-corrected chi connectivity index (χ2v) is 6.43. The first kappa shape index (κ1) is 14.2. The summed E-state index contributed by atoms with van der Waals surface area (Å²) in [6.07, 6.45) is 5.38. The number of para-hydroxylation sites is 2. The van der Waals surface area contributed by atoms with Crippen LogP contribution in [-0.4, -0.2) is 19.2 Å². The van der Waals surface area contributed by atoms with Gasteiger partial charge in [0.25, 0.3) is 0 Å². The molecule has 1 aromatic carbocycles. The molecule has 2 saturated carbocycles. The Labute approximate surface area is 126 Å². The summed E-state index contributed by atoms with van der Waals surface area (Å²) in [6, 6.07) is 7.55. The third-order valence-corrected chi connectivity index (χ3v) is 5.15. The Morgan fingerprint density at radius 1 is 1.29 bits per heavy atom. The van der Waals surface area contributed by atoms with Crippen LogP contribution < -0.4 is 15.4 Å². The molecule has 0 aromatic heterocycles. The SMILES string of the molecule is COc1ccccc1NC(=O)NC(C)C1CC2CCC1C2. The van der Waals surface area contributed by atoms with Crippen LogP contribution in [0.15, 0.2) is 24.3 Å². The van der Waals surface area contributed by atoms with E-state index in [1.807, 2.05) is 24.3 Å². The number of methoxy groups -OCH3 is 1. The van der Waals surface area contributed by atoms with Crippen LogP contribution in [0.5, 0.6) is 5.75 Å². The molecular formula is C17H24N2O2. The molecule has 4 heteroatoms. The first-order chi connectivity index (χ1) is 10.2. The normalized spacial score (nSPS) is 28.2. The molecule has 21 heavy (non-hydrogen) atoms. The number of urea groups is 1. The summed E-state index contributed by atoms with van der Waals surface area (Å²) in [4.78, 5) is 12.2. The lowest BCUT2D eigenvalue weighted by Crippen LogP contribution is -2.42. The standard InChI is InChI=1S/C17H24N2O2/c1-11(14-10-12-7-8-13(14)9-12)18-17(20)19-15-5-3-4-6-16(15)21-2/h3-6,11-14H,7-10H2,1-2H3,(H2,18,19,20). The molecule has 2 fully saturated rings. The van der Waals surface area contributed by atoms with Crippen LogP contribution in [0, 0.1) is 17.8 Å². The molecule has 3 rings (SSSR count). The number of hydrogen-bond donors (Lipinski definition) is 2. The van der Waals surface area contributed by atoms with E-state index in [0.717, 1.165) is 11.8 Å². The first-order valence-corrected chi connectivity index (χ1v) is 7.88. The molecular weight excluding hydrogens is 264 g/mol. The number of carbonyl (C=O) groups excluding carboxylic acids is 1. The summed E-state index contributed by atoms with van der Waals surface area (Å²) in [5.74, 6) is 3.05. The van der Waals surface area contributed by atoms with Crippen LogP contribution in [0.2, 0.25) is 0 Å². The Hall–Kier alpha value is -1.71. The van der Waals surface area contributed by atoms with Crippen LogP contribution in [0.3, 0.4) is 0 Å². The van der Waals surface area contributed by atoms with Crippen molar-refractivity contribution in [2.45, 2.75) is 38.6 Å². The minimum absolute atomic E-state index is 0.144. The van der Waals surface area contributed by atoms with Gasteiger partial charge in [0.1, 0.15) is 5.75 Å². The van der Waals surface area contributed by atoms with Crippen LogP contribution in [0.25, 0.3) is 0 Å². The van der Waals surface area contributed by atoms with Gasteiger partial charge in [-0.1, -0.05) is 18.6 Å². The van der Waals surface area contributed by atoms with Crippen LogP contribution in [-0.2, 0) is 0 Å². The third-order valence-electron chi connectivity index (χ3n) is 5.15. The lowest BCUT2D eigenvalue weighted by atomic mass is 9.84. The van der Waals surface area contributed by atoms with E-state index >= 15 is 0 Å². The van der Waals surface area contributed by atoms with Crippen molar-refractivity contribution in [3.05, 3.63) is 24.3 Å². The summed E-state index contributed by atoms with van der Waals surface area (Å²) in [5.41, 5.74) is 0.706. The number of rotatable bonds is 4. The lowest BCUT2D eigenvalue weighted by molar-refractivity contribution is 0.230. The molecule has 2 amide bonds. The van der Waals surface area contributed by atoms with Gasteiger partial charge in [0, 0.05) is 6.04 Å². The number of benzene rings is 1. The zero-order chi connectivity index (χ0) is 14.8. The van der Waals surface area contributed by atoms with E-state index in [2.05, 4.69) is 17.6 Å². The van der Waals surface area contributed by atoms with Crippen molar-refractivity contribution in [1.82, 2.24) is 5.32 Å². The monoisotopic (exact) mass is 288 g/mol. The average Bonchev–Trinajstić information content (AvgIpc) is 3.10. The predicted molar refractivity (Wildman–Crippen MR) is 83.5 cm³/mol. The Morgan fingerprint density at radius 3 is 2.76 bits per heavy atom. The van der Waals surface area contributed by atoms with Crippen molar-refractivity contribution in [3.63, 3.8) is 0 Å². The molecule has 2 aliphatic carbocycles. The van der Waals surface area contributed by atoms with Gasteiger partial charge in [-0.15, -0.1) is 0 Å². The van der Waals surface area contributed by atoms with Crippen LogP contribution in [0.4, 0.5) is 10.5 Å². The number of anilines is 1. The maximum atomic E-state index is 12.2. The smallest absolute Gasteiger partial charge is 0.319 e. The molecule has 0 saturated heterocycles. The molecule has 2 N–H and O–H groups in total. The first-order valence-electron chi connectivity index (χ1n) is 7.88. The van der Waals surface area contributed by atoms with Crippen LogP contribution >= 0.6 is 0 Å². The zero-order valence-corrected chi connectivity index (χ0v) is 12.8. The number of carbonyl (C=O) groups is 1. The molecule has 0 radical (unpaired) electrons. The fourth-order valence-corrected chi connectivity index (χ4v) is 4.13. The van der Waals surface area contributed by atoms with Gasteiger partial charge in [0.05, 0.1) is 12.8 Å². The number of ether oxygens (including phenoxy) is 1. The number of nitrogens with one attached hydrogen (secondary N) is 2. The van der Waals surface area contributed by atoms with Crippen molar-refractivity contribution in [2.24, 2.45) is 17.8 Å². The Bertz CT molecular complexity index is 517. The van der Waals surface area contributed by atoms with Gasteiger partial charge in [-0.05, 0) is 56.1 Å². The van der Waals surface area contributed by atoms with Gasteiger partial charge in [-0.3, -0.25) is 0 Å². The van der Waals surface area contributed by atoms with Crippen molar-refractivity contribution in [2.75, 3.05) is 12.4 Å². The summed E-state index contributed by atoms with van der Waals surface area (Å²) < 4.78 is 5.25. The second kappa shape index (κ2) is 5.96. The minimum atomic E-state index is -0.144. The van der Waals surface area contributed by atoms with Gasteiger partial charge in [-0.2, -0.15) is 0 Å². The molecule has 114 valence electrons. The molecule has 2 bridgehead atoms. The van der Waals surface area contributed by atoms with Gasteiger partial charge in [0.15, 0.2) is 0 Å². The quantitative estimate of drug-likeness (QED) is 0.888. The average molecular weight is 288 g/mol. The van der Waals surface area contributed by atoms with Crippen molar-refractivity contribution < 1.29 is 9.53 Å². The fraction of sp³-hybridized carbons (Fsp3) is 0.588. The van der Waals surface area contributed by atoms with Gasteiger partial charge >= 0.3 is 6.03 Å². The topological polar surface area (TPSA) is 50.4 Å². The van der Waals surface area contributed by atoms with Gasteiger partial charge < -0.3 is 15.4 Å². The molecule has 0 heterocycles. The van der Waals surface area contributed by atoms with Crippen molar-refractivity contribution in [1.29, 1.82) is 0 Å². The number of fused-ring (bicyclic) bond motifs is 2. The van der Waals surface area contributed by atoms with Gasteiger partial charge in [0.2, 0.25) is 0 Å². The predicted octanol–water partition coefficient (Wildman–Crippen LogP) is 3.64. The molecule has 1 aromatic rings. The maximum Gasteiger partial charge on any atom is 0.319 e. The molecule has 4 unspecified atom stereocenters. The lowest BCUT2D eigenvalue weighted by Gasteiger charge is -2.28. The van der Waals surface area contributed by atoms with Gasteiger partial charge in [-0.25, -0.2) is 4.79 Å². The Kier molecular flexibility index (Phi) is 4.04. The number of hydrogen-bond acceptors (Lipinski definition) is 2. The van der Waals surface area contributed by atoms with Crippen LogP contribution in [0.1, 0.15) is 32.6 Å². The molecule has 0 spiro atoms. The largest absolute Gasteiger partial charge is 0.495 e. The van der Waals surface area contributed by atoms with E-state index in [4.69, 9.17) is 4.74 Å². The third kappa shape index (κ3) is 2.99. The highest BCUT2D eigenvalue weighted by Gasteiger charge is 2.42. The van der Waals surface area contributed by atoms with E-state index in [0.29, 0.717) is 17.4 Å². The van der Waals surface area contributed by atoms with E-state index in [-0.39, 0.29) is 12.1 Å². The Balaban J connectivity index is 1.56. The molecule has 4 nitrogen and oxygen atoms in total. The van der Waals surface area contributed by atoms with Crippen molar-refractivity contribution in [3.8, 4) is 5.75 Å². The fourth-order valence-electron chi connectivity index (χ4n) is 4.13. The Morgan fingerprint density at radius 2 is 2.10 bits per heavy atom. The minimum Gasteiger partial charge on any atom is -0.495 e. The summed E-state index contributed by atoms with van der Waals surface area (Å²) >= 11 is 0. The summed E-state index contributed by atoms with van der Waals surface area (Å²) in [5, 5.41) is 5.99. The van der Waals surface area contributed by atoms with E-state index in [9.17, 15) is 4.79 Å². The highest BCUT2D eigenvalue weighted by molar-refractivity contribution is 5.91. The summed E-state index contributed by atoms with van der Waals surface area (Å²) in [7, 11) is 1.61.